The number of benzene rings is 2. The van der Waals surface area contributed by atoms with Gasteiger partial charge in [0.2, 0.25) is 23.7 Å². The lowest BCUT2D eigenvalue weighted by Crippen LogP contribution is -2.52. The number of nitrogens with zero attached hydrogens (tertiary/aromatic N) is 5. The van der Waals surface area contributed by atoms with Gasteiger partial charge < -0.3 is 5.32 Å². The Hall–Kier alpha value is -4.55. The van der Waals surface area contributed by atoms with Gasteiger partial charge in [-0.05, 0) is 36.8 Å². The molecule has 242 valence electrons. The van der Waals surface area contributed by atoms with Crippen molar-refractivity contribution in [2.45, 2.75) is 55.5 Å². The highest BCUT2D eigenvalue weighted by atomic mass is 35.5. The Morgan fingerprint density at radius 2 is 1.96 bits per heavy atom. The van der Waals surface area contributed by atoms with E-state index in [2.05, 4.69) is 15.3 Å². The monoisotopic (exact) mass is 676 g/mol. The molecule has 2 atom stereocenters. The second-order valence-corrected chi connectivity index (χ2v) is 12.9. The molecule has 0 bridgehead atoms. The summed E-state index contributed by atoms with van der Waals surface area (Å²) in [6, 6.07) is 8.30. The molecule has 46 heavy (non-hydrogen) atoms. The summed E-state index contributed by atoms with van der Waals surface area (Å²) < 4.78 is 68.1. The van der Waals surface area contributed by atoms with Gasteiger partial charge in [0.25, 0.3) is 5.91 Å². The van der Waals surface area contributed by atoms with Crippen molar-refractivity contribution < 1.29 is 36.0 Å². The van der Waals surface area contributed by atoms with Crippen LogP contribution in [-0.2, 0) is 24.2 Å². The molecule has 1 aliphatic rings. The molecule has 4 rings (SSSR count). The number of carbonyl (C=O) groups excluding carboxylic acids is 3. The molecule has 1 saturated heterocycles. The number of carbonyl (C=O) groups is 3. The maximum Gasteiger partial charge on any atom is 0.251 e. The number of alkyl halides is 2. The maximum absolute atomic E-state index is 15.0. The van der Waals surface area contributed by atoms with E-state index in [9.17, 15) is 36.8 Å². The SMILES string of the molecule is CCC(F)(F)CCNC(=O)[C@H](c1ccccc1Cl)N(C(=O)[C@@H]1CCC(=O)N1c1nccc(C#N)n1)c1cc(F)cc(S(C)(=O)=O)c1. The molecule has 16 heteroatoms. The van der Waals surface area contributed by atoms with E-state index in [0.717, 1.165) is 34.3 Å². The average molecular weight is 677 g/mol. The lowest BCUT2D eigenvalue weighted by atomic mass is 10.0. The Morgan fingerprint density at radius 1 is 1.24 bits per heavy atom. The Morgan fingerprint density at radius 3 is 2.61 bits per heavy atom. The fourth-order valence-electron chi connectivity index (χ4n) is 4.90. The average Bonchev–Trinajstić information content (AvgIpc) is 3.40. The second kappa shape index (κ2) is 13.8. The summed E-state index contributed by atoms with van der Waals surface area (Å²) in [5.74, 6) is -7.02. The van der Waals surface area contributed by atoms with Gasteiger partial charge in [-0.15, -0.1) is 0 Å². The molecule has 0 radical (unpaired) electrons. The largest absolute Gasteiger partial charge is 0.354 e. The first-order valence-electron chi connectivity index (χ1n) is 14.0. The number of hydrogen-bond acceptors (Lipinski definition) is 8. The molecule has 0 aliphatic carbocycles. The van der Waals surface area contributed by atoms with Crippen LogP contribution in [0.2, 0.25) is 5.02 Å². The Balaban J connectivity index is 1.92. The van der Waals surface area contributed by atoms with Gasteiger partial charge in [0.05, 0.1) is 4.90 Å². The quantitative estimate of drug-likeness (QED) is 0.314. The minimum Gasteiger partial charge on any atom is -0.354 e. The van der Waals surface area contributed by atoms with Gasteiger partial charge in [-0.1, -0.05) is 36.7 Å². The maximum atomic E-state index is 15.0. The van der Waals surface area contributed by atoms with Crippen LogP contribution < -0.4 is 15.1 Å². The molecule has 0 unspecified atom stereocenters. The van der Waals surface area contributed by atoms with Crippen LogP contribution in [-0.4, -0.2) is 60.9 Å². The van der Waals surface area contributed by atoms with Crippen LogP contribution in [0.5, 0.6) is 0 Å². The molecule has 1 aliphatic heterocycles. The fraction of sp³-hybridized carbons (Fsp3) is 0.333. The summed E-state index contributed by atoms with van der Waals surface area (Å²) >= 11 is 6.48. The molecule has 2 aromatic carbocycles. The normalized spacial score (nSPS) is 15.7. The fourth-order valence-corrected chi connectivity index (χ4v) is 5.80. The van der Waals surface area contributed by atoms with E-state index in [4.69, 9.17) is 11.6 Å². The van der Waals surface area contributed by atoms with Gasteiger partial charge in [-0.25, -0.2) is 31.6 Å². The lowest BCUT2D eigenvalue weighted by molar-refractivity contribution is -0.127. The smallest absolute Gasteiger partial charge is 0.251 e. The molecule has 1 fully saturated rings. The molecule has 1 N–H and O–H groups in total. The van der Waals surface area contributed by atoms with Crippen molar-refractivity contribution in [3.63, 3.8) is 0 Å². The van der Waals surface area contributed by atoms with Gasteiger partial charge >= 0.3 is 0 Å². The number of aromatic nitrogens is 2. The van der Waals surface area contributed by atoms with E-state index in [-0.39, 0.29) is 35.1 Å². The first kappa shape index (κ1) is 34.3. The third-order valence-corrected chi connectivity index (χ3v) is 8.72. The van der Waals surface area contributed by atoms with Crippen LogP contribution in [0.15, 0.2) is 59.6 Å². The highest BCUT2D eigenvalue weighted by molar-refractivity contribution is 7.90. The molecule has 11 nitrogen and oxygen atoms in total. The molecule has 0 saturated carbocycles. The van der Waals surface area contributed by atoms with E-state index in [1.54, 1.807) is 0 Å². The minimum absolute atomic E-state index is 0.000960. The first-order chi connectivity index (χ1) is 21.7. The van der Waals surface area contributed by atoms with E-state index in [1.165, 1.54) is 43.5 Å². The van der Waals surface area contributed by atoms with Crippen molar-refractivity contribution in [2.75, 3.05) is 22.6 Å². The van der Waals surface area contributed by atoms with Crippen molar-refractivity contribution in [3.05, 3.63) is 76.8 Å². The topological polar surface area (TPSA) is 153 Å². The molecule has 0 spiro atoms. The predicted molar refractivity (Wildman–Crippen MR) is 161 cm³/mol. The summed E-state index contributed by atoms with van der Waals surface area (Å²) in [6.07, 6.45) is 0.524. The molecular formula is C30H28ClF3N6O5S. The van der Waals surface area contributed by atoms with Gasteiger partial charge in [-0.2, -0.15) is 5.26 Å². The zero-order valence-corrected chi connectivity index (χ0v) is 26.2. The van der Waals surface area contributed by atoms with E-state index < -0.39 is 81.4 Å². The van der Waals surface area contributed by atoms with Crippen LogP contribution in [0, 0.1) is 17.1 Å². The Bertz CT molecular complexity index is 1820. The summed E-state index contributed by atoms with van der Waals surface area (Å²) in [7, 11) is -4.05. The van der Waals surface area contributed by atoms with Gasteiger partial charge in [0.1, 0.15) is 29.7 Å². The third kappa shape index (κ3) is 7.63. The van der Waals surface area contributed by atoms with Gasteiger partial charge in [0.15, 0.2) is 9.84 Å². The Labute approximate surface area is 267 Å². The van der Waals surface area contributed by atoms with Crippen LogP contribution >= 0.6 is 11.6 Å². The van der Waals surface area contributed by atoms with Crippen molar-refractivity contribution in [1.82, 2.24) is 15.3 Å². The summed E-state index contributed by atoms with van der Waals surface area (Å²) in [5, 5.41) is 11.7. The molecule has 2 heterocycles. The number of nitrogens with one attached hydrogen (secondary N) is 1. The molecular weight excluding hydrogens is 649 g/mol. The van der Waals surface area contributed by atoms with Crippen molar-refractivity contribution in [2.24, 2.45) is 0 Å². The number of rotatable bonds is 11. The summed E-state index contributed by atoms with van der Waals surface area (Å²) in [4.78, 5) is 50.8. The molecule has 3 aromatic rings. The number of hydrogen-bond donors (Lipinski definition) is 1. The zero-order chi connectivity index (χ0) is 33.8. The number of amides is 3. The number of sulfone groups is 1. The highest BCUT2D eigenvalue weighted by Gasteiger charge is 2.45. The first-order valence-corrected chi connectivity index (χ1v) is 16.2. The standard InChI is InChI=1S/C30H28ClF3N6O5S/c1-3-30(33,34)11-13-36-27(42)26(22-6-4-5-7-23(22)31)39(20-14-18(32)15-21(16-20)46(2,44)45)28(43)24-8-9-25(41)40(24)29-37-12-10-19(17-35)38-29/h4-7,10,12,14-16,24,26H,3,8-9,11,13H2,1-2H3,(H,36,42)/t24-,26-/m0/s1. The minimum atomic E-state index is -4.05. The number of anilines is 2. The summed E-state index contributed by atoms with van der Waals surface area (Å²) in [5.41, 5.74) is -0.496. The van der Waals surface area contributed by atoms with Crippen LogP contribution in [0.25, 0.3) is 0 Å². The van der Waals surface area contributed by atoms with E-state index in [1.807, 2.05) is 6.07 Å². The third-order valence-electron chi connectivity index (χ3n) is 7.28. The van der Waals surface area contributed by atoms with Crippen molar-refractivity contribution >= 4 is 50.8 Å². The van der Waals surface area contributed by atoms with Gasteiger partial charge in [-0.3, -0.25) is 24.2 Å². The van der Waals surface area contributed by atoms with Crippen LogP contribution in [0.4, 0.5) is 24.8 Å². The number of nitriles is 1. The van der Waals surface area contributed by atoms with Crippen LogP contribution in [0.3, 0.4) is 0 Å². The zero-order valence-electron chi connectivity index (χ0n) is 24.6. The van der Waals surface area contributed by atoms with Gasteiger partial charge in [0, 0.05) is 54.5 Å². The summed E-state index contributed by atoms with van der Waals surface area (Å²) in [6.45, 7) is 0.770. The number of halogens is 4. The van der Waals surface area contributed by atoms with E-state index in [0.29, 0.717) is 0 Å². The van der Waals surface area contributed by atoms with E-state index >= 15 is 4.39 Å². The molecule has 1 aromatic heterocycles. The van der Waals surface area contributed by atoms with Crippen LogP contribution in [0.1, 0.15) is 49.9 Å². The predicted octanol–water partition coefficient (Wildman–Crippen LogP) is 4.37. The Kier molecular flexibility index (Phi) is 10.3. The van der Waals surface area contributed by atoms with Crippen molar-refractivity contribution in [3.8, 4) is 6.07 Å². The lowest BCUT2D eigenvalue weighted by Gasteiger charge is -2.35. The van der Waals surface area contributed by atoms with Crippen molar-refractivity contribution in [1.29, 1.82) is 5.26 Å². The molecule has 3 amide bonds. The second-order valence-electron chi connectivity index (χ2n) is 10.5. The highest BCUT2D eigenvalue weighted by Crippen LogP contribution is 2.37.